The predicted molar refractivity (Wildman–Crippen MR) is 80.1 cm³/mol. The Labute approximate surface area is 131 Å². The Morgan fingerprint density at radius 1 is 0.864 bits per heavy atom. The maximum absolute atomic E-state index is 14.9. The van der Waals surface area contributed by atoms with Gasteiger partial charge in [-0.3, -0.25) is 0 Å². The van der Waals surface area contributed by atoms with Gasteiger partial charge < -0.3 is 9.47 Å². The van der Waals surface area contributed by atoms with Crippen LogP contribution in [0.1, 0.15) is 77.6 Å². The molecule has 4 nitrogen and oxygen atoms in total. The minimum absolute atomic E-state index is 0.246. The molecule has 0 spiro atoms. The van der Waals surface area contributed by atoms with Crippen molar-refractivity contribution in [1.82, 2.24) is 0 Å². The van der Waals surface area contributed by atoms with Crippen LogP contribution in [0.15, 0.2) is 0 Å². The van der Waals surface area contributed by atoms with Crippen molar-refractivity contribution in [3.05, 3.63) is 0 Å². The van der Waals surface area contributed by atoms with Crippen molar-refractivity contribution >= 4 is 11.9 Å². The van der Waals surface area contributed by atoms with Gasteiger partial charge in [0, 0.05) is 6.42 Å². The third-order valence-corrected chi connectivity index (χ3v) is 4.79. The Hall–Kier alpha value is -1.13. The Bertz CT molecular complexity index is 352. The first-order valence-corrected chi connectivity index (χ1v) is 8.67. The number of rotatable bonds is 5. The van der Waals surface area contributed by atoms with Crippen molar-refractivity contribution < 1.29 is 23.5 Å². The van der Waals surface area contributed by atoms with Crippen molar-refractivity contribution in [2.24, 2.45) is 0 Å². The van der Waals surface area contributed by atoms with E-state index in [4.69, 9.17) is 9.47 Å². The molecule has 0 bridgehead atoms. The molecule has 2 aliphatic rings. The second-order valence-corrected chi connectivity index (χ2v) is 6.49. The minimum atomic E-state index is -2.66. The number of ether oxygens (including phenoxy) is 2. The second-order valence-electron chi connectivity index (χ2n) is 6.49. The highest BCUT2D eigenvalue weighted by molar-refractivity contribution is 6.03. The lowest BCUT2D eigenvalue weighted by Gasteiger charge is -2.28. The van der Waals surface area contributed by atoms with Crippen LogP contribution < -0.4 is 0 Å². The van der Waals surface area contributed by atoms with Crippen LogP contribution in [-0.2, 0) is 19.1 Å². The summed E-state index contributed by atoms with van der Waals surface area (Å²) in [7, 11) is 0. The van der Waals surface area contributed by atoms with E-state index in [0.717, 1.165) is 64.2 Å². The van der Waals surface area contributed by atoms with Gasteiger partial charge in [0.1, 0.15) is 12.2 Å². The Morgan fingerprint density at radius 2 is 1.23 bits per heavy atom. The molecule has 22 heavy (non-hydrogen) atoms. The van der Waals surface area contributed by atoms with Crippen molar-refractivity contribution in [1.29, 1.82) is 0 Å². The molecule has 0 saturated heterocycles. The molecule has 2 aliphatic carbocycles. The average molecular weight is 314 g/mol. The van der Waals surface area contributed by atoms with Gasteiger partial charge in [0.15, 0.2) is 0 Å². The van der Waals surface area contributed by atoms with Crippen molar-refractivity contribution in [3.8, 4) is 0 Å². The molecule has 0 N–H and O–H groups in total. The highest BCUT2D eigenvalue weighted by Crippen LogP contribution is 2.28. The fraction of sp³-hybridized carbons (Fsp3) is 0.882. The molecule has 0 aromatic heterocycles. The average Bonchev–Trinajstić information content (AvgIpc) is 2.55. The quantitative estimate of drug-likeness (QED) is 0.571. The van der Waals surface area contributed by atoms with E-state index in [2.05, 4.69) is 0 Å². The van der Waals surface area contributed by atoms with E-state index >= 15 is 0 Å². The summed E-state index contributed by atoms with van der Waals surface area (Å²) in [5.41, 5.74) is -2.66. The number of alkyl halides is 1. The number of carbonyl (C=O) groups excluding carboxylic acids is 2. The lowest BCUT2D eigenvalue weighted by atomic mass is 9.96. The van der Waals surface area contributed by atoms with Crippen molar-refractivity contribution in [2.45, 2.75) is 95.4 Å². The first kappa shape index (κ1) is 17.2. The van der Waals surface area contributed by atoms with E-state index in [1.807, 2.05) is 0 Å². The highest BCUT2D eigenvalue weighted by Gasteiger charge is 2.50. The van der Waals surface area contributed by atoms with Crippen LogP contribution >= 0.6 is 0 Å². The van der Waals surface area contributed by atoms with E-state index < -0.39 is 17.6 Å². The van der Waals surface area contributed by atoms with Crippen LogP contribution in [0.4, 0.5) is 4.39 Å². The first-order valence-electron chi connectivity index (χ1n) is 8.67. The zero-order valence-electron chi connectivity index (χ0n) is 13.4. The topological polar surface area (TPSA) is 52.6 Å². The van der Waals surface area contributed by atoms with Crippen LogP contribution in [0.25, 0.3) is 0 Å². The number of hydrogen-bond acceptors (Lipinski definition) is 4. The largest absolute Gasteiger partial charge is 0.460 e. The summed E-state index contributed by atoms with van der Waals surface area (Å²) >= 11 is 0. The number of hydrogen-bond donors (Lipinski definition) is 0. The number of halogens is 1. The fourth-order valence-corrected chi connectivity index (χ4v) is 3.23. The van der Waals surface area contributed by atoms with Gasteiger partial charge in [0.05, 0.1) is 0 Å². The molecule has 2 fully saturated rings. The SMILES string of the molecule is CCC(F)(C(=O)OC1CCCCC1)C(=O)OC1CCCCC1. The molecule has 0 amide bonds. The van der Waals surface area contributed by atoms with Gasteiger partial charge in [-0.25, -0.2) is 14.0 Å². The molecule has 126 valence electrons. The van der Waals surface area contributed by atoms with Gasteiger partial charge in [0.2, 0.25) is 0 Å². The standard InChI is InChI=1S/C17H27FO4/c1-2-17(18,15(19)21-13-9-5-3-6-10-13)16(20)22-14-11-7-4-8-12-14/h13-14H,2-12H2,1H3. The summed E-state index contributed by atoms with van der Waals surface area (Å²) in [6.45, 7) is 1.48. The number of carbonyl (C=O) groups is 2. The van der Waals surface area contributed by atoms with Crippen LogP contribution in [0.2, 0.25) is 0 Å². The minimum Gasteiger partial charge on any atom is -0.460 e. The Morgan fingerprint density at radius 3 is 1.55 bits per heavy atom. The van der Waals surface area contributed by atoms with E-state index in [1.165, 1.54) is 6.92 Å². The predicted octanol–water partition coefficient (Wildman–Crippen LogP) is 3.86. The Balaban J connectivity index is 1.92. The molecular weight excluding hydrogens is 287 g/mol. The van der Waals surface area contributed by atoms with Crippen molar-refractivity contribution in [3.63, 3.8) is 0 Å². The molecule has 0 radical (unpaired) electrons. The van der Waals surface area contributed by atoms with E-state index in [0.29, 0.717) is 0 Å². The van der Waals surface area contributed by atoms with E-state index in [1.54, 1.807) is 0 Å². The summed E-state index contributed by atoms with van der Waals surface area (Å²) < 4.78 is 25.4. The number of esters is 2. The van der Waals surface area contributed by atoms with Gasteiger partial charge >= 0.3 is 17.6 Å². The monoisotopic (exact) mass is 314 g/mol. The molecule has 5 heteroatoms. The maximum Gasteiger partial charge on any atom is 0.356 e. The lowest BCUT2D eigenvalue weighted by molar-refractivity contribution is -0.183. The third kappa shape index (κ3) is 4.20. The van der Waals surface area contributed by atoms with Crippen LogP contribution in [0.3, 0.4) is 0 Å². The van der Waals surface area contributed by atoms with E-state index in [-0.39, 0.29) is 18.6 Å². The molecule has 2 rings (SSSR count). The van der Waals surface area contributed by atoms with Gasteiger partial charge in [-0.2, -0.15) is 0 Å². The van der Waals surface area contributed by atoms with Gasteiger partial charge in [-0.05, 0) is 51.4 Å². The van der Waals surface area contributed by atoms with Crippen LogP contribution in [0.5, 0.6) is 0 Å². The zero-order valence-corrected chi connectivity index (χ0v) is 13.4. The van der Waals surface area contributed by atoms with Crippen molar-refractivity contribution in [2.75, 3.05) is 0 Å². The molecule has 0 heterocycles. The summed E-state index contributed by atoms with van der Waals surface area (Å²) in [4.78, 5) is 24.3. The van der Waals surface area contributed by atoms with Gasteiger partial charge in [-0.1, -0.05) is 19.8 Å². The summed E-state index contributed by atoms with van der Waals surface area (Å²) in [5.74, 6) is -2.13. The van der Waals surface area contributed by atoms with Crippen LogP contribution in [-0.4, -0.2) is 29.8 Å². The molecule has 0 atom stereocenters. The second kappa shape index (κ2) is 7.93. The fourth-order valence-electron chi connectivity index (χ4n) is 3.23. The van der Waals surface area contributed by atoms with E-state index in [9.17, 15) is 14.0 Å². The smallest absolute Gasteiger partial charge is 0.356 e. The maximum atomic E-state index is 14.9. The molecule has 0 aromatic carbocycles. The zero-order chi connectivity index (χ0) is 16.0. The summed E-state index contributed by atoms with van der Waals surface area (Å²) in [5, 5.41) is 0. The Kier molecular flexibility index (Phi) is 6.21. The molecule has 0 aromatic rings. The summed E-state index contributed by atoms with van der Waals surface area (Å²) in [6, 6.07) is 0. The molecule has 0 unspecified atom stereocenters. The molecule has 0 aliphatic heterocycles. The lowest BCUT2D eigenvalue weighted by Crippen LogP contribution is -2.47. The van der Waals surface area contributed by atoms with Gasteiger partial charge in [-0.15, -0.1) is 0 Å². The normalized spacial score (nSPS) is 21.4. The third-order valence-electron chi connectivity index (χ3n) is 4.79. The highest BCUT2D eigenvalue weighted by atomic mass is 19.1. The summed E-state index contributed by atoms with van der Waals surface area (Å²) in [6.07, 6.45) is 8.41. The van der Waals surface area contributed by atoms with Gasteiger partial charge in [0.25, 0.3) is 0 Å². The first-order chi connectivity index (χ1) is 10.6. The molecule has 2 saturated carbocycles. The van der Waals surface area contributed by atoms with Crippen LogP contribution in [0, 0.1) is 0 Å². The molecular formula is C17H27FO4.